The van der Waals surface area contributed by atoms with Gasteiger partial charge in [-0.05, 0) is 6.42 Å². The first-order chi connectivity index (χ1) is 12.5. The van der Waals surface area contributed by atoms with Crippen LogP contribution in [0.15, 0.2) is 36.4 Å². The number of fused-ring (bicyclic) bond motifs is 3. The van der Waals surface area contributed by atoms with Gasteiger partial charge in [-0.3, -0.25) is 0 Å². The van der Waals surface area contributed by atoms with Crippen molar-refractivity contribution in [1.29, 1.82) is 0 Å². The summed E-state index contributed by atoms with van der Waals surface area (Å²) in [5.74, 6) is 0. The van der Waals surface area contributed by atoms with Crippen molar-refractivity contribution in [3.05, 3.63) is 79.2 Å². The van der Waals surface area contributed by atoms with Crippen LogP contribution in [0.3, 0.4) is 0 Å². The van der Waals surface area contributed by atoms with Gasteiger partial charge in [-0.2, -0.15) is 30.2 Å². The summed E-state index contributed by atoms with van der Waals surface area (Å²) in [7, 11) is 10.3. The Kier molecular flexibility index (Phi) is 16.6. The fourth-order valence-electron chi connectivity index (χ4n) is 2.18. The molecule has 0 bridgehead atoms. The number of rotatable bonds is 1. The van der Waals surface area contributed by atoms with Crippen molar-refractivity contribution < 1.29 is 24.0 Å². The number of hydrogen-bond donors (Lipinski definition) is 1. The molecule has 0 atom stereocenters. The van der Waals surface area contributed by atoms with Gasteiger partial charge in [-0.15, -0.1) is 16.7 Å². The molecule has 0 unspecified atom stereocenters. The molecule has 2 aromatic rings. The van der Waals surface area contributed by atoms with E-state index in [4.69, 9.17) is 27.9 Å². The summed E-state index contributed by atoms with van der Waals surface area (Å²) in [6.45, 7) is 11.2. The molecule has 0 saturated heterocycles. The average Bonchev–Trinajstić information content (AvgIpc) is 2.90. The van der Waals surface area contributed by atoms with Crippen LogP contribution in [0.25, 0.3) is 16.9 Å². The fourth-order valence-corrected chi connectivity index (χ4v) is 2.18. The Morgan fingerprint density at radius 2 is 1.64 bits per heavy atom. The molecule has 0 aliphatic heterocycles. The predicted octanol–water partition coefficient (Wildman–Crippen LogP) is 7.20. The molecular formula is C23H33Cl2NOZr-4. The first-order valence-corrected chi connectivity index (χ1v) is 16.8. The van der Waals surface area contributed by atoms with Gasteiger partial charge in [0, 0.05) is 6.61 Å². The average molecular weight is 502 g/mol. The molecule has 5 heteroatoms. The number of aliphatic hydroxyl groups is 1. The molecule has 0 saturated carbocycles. The van der Waals surface area contributed by atoms with Crippen LogP contribution >= 0.6 is 17.0 Å². The summed E-state index contributed by atoms with van der Waals surface area (Å²) in [5.41, 5.74) is 13.5. The summed E-state index contributed by atoms with van der Waals surface area (Å²) < 4.78 is 3.37. The number of hydrogen-bond acceptors (Lipinski definition) is 1. The second-order valence-electron chi connectivity index (χ2n) is 7.03. The molecular weight excluding hydrogens is 468 g/mol. The van der Waals surface area contributed by atoms with Crippen LogP contribution in [-0.2, 0) is 25.3 Å². The van der Waals surface area contributed by atoms with Gasteiger partial charge in [-0.25, -0.2) is 0 Å². The van der Waals surface area contributed by atoms with E-state index in [1.54, 1.807) is 0 Å². The maximum atomic E-state index is 7.81. The second-order valence-corrected chi connectivity index (χ2v) is 15.2. The van der Waals surface area contributed by atoms with E-state index in [0.717, 1.165) is 6.42 Å². The maximum Gasteiger partial charge on any atom is -0.358 e. The zero-order valence-electron chi connectivity index (χ0n) is 17.7. The molecule has 0 radical (unpaired) electrons. The van der Waals surface area contributed by atoms with Gasteiger partial charge in [0.1, 0.15) is 0 Å². The molecule has 0 amide bonds. The Morgan fingerprint density at radius 1 is 1.18 bits per heavy atom. The van der Waals surface area contributed by atoms with Gasteiger partial charge < -0.3 is 25.2 Å². The number of aryl methyl sites for hydroxylation is 1. The van der Waals surface area contributed by atoms with Gasteiger partial charge in [0.15, 0.2) is 0 Å². The van der Waals surface area contributed by atoms with Crippen molar-refractivity contribution in [2.45, 2.75) is 46.1 Å². The molecule has 0 heterocycles. The predicted molar refractivity (Wildman–Crippen MR) is 125 cm³/mol. The second kappa shape index (κ2) is 15.5. The maximum absolute atomic E-state index is 7.81. The Bertz CT molecular complexity index is 700. The molecule has 0 fully saturated rings. The SMILES string of the molecule is CC(C)(C)[NH-].Cc1[c-]c2c(cc1)-c1ccccc1C2.[CH2-]CCO.[CH2]=[Zr]([Cl])[Cl].[CH3-]. The number of benzene rings is 2. The van der Waals surface area contributed by atoms with Crippen molar-refractivity contribution in [2.24, 2.45) is 0 Å². The Balaban J connectivity index is 0. The fraction of sp³-hybridized carbons (Fsp3) is 0.348. The molecule has 0 spiro atoms. The monoisotopic (exact) mass is 499 g/mol. The molecule has 28 heavy (non-hydrogen) atoms. The summed E-state index contributed by atoms with van der Waals surface area (Å²) in [4.78, 5) is 0. The molecule has 3 rings (SSSR count). The number of aliphatic hydroxyl groups excluding tert-OH is 1. The minimum absolute atomic E-state index is 0. The number of halogens is 2. The first kappa shape index (κ1) is 29.9. The topological polar surface area (TPSA) is 44.0 Å². The van der Waals surface area contributed by atoms with E-state index >= 15 is 0 Å². The third kappa shape index (κ3) is 14.7. The van der Waals surface area contributed by atoms with Crippen LogP contribution in [0, 0.1) is 27.3 Å². The van der Waals surface area contributed by atoms with Crippen molar-refractivity contribution in [3.8, 4) is 11.1 Å². The smallest absolute Gasteiger partial charge is 0.358 e. The normalized spacial score (nSPS) is 10.3. The van der Waals surface area contributed by atoms with Crippen LogP contribution in [0.5, 0.6) is 0 Å². The van der Waals surface area contributed by atoms with Crippen LogP contribution in [0.2, 0.25) is 0 Å². The minimum Gasteiger partial charge on any atom is -0.358 e. The van der Waals surface area contributed by atoms with E-state index in [0.29, 0.717) is 6.42 Å². The van der Waals surface area contributed by atoms with Crippen molar-refractivity contribution in [1.82, 2.24) is 0 Å². The van der Waals surface area contributed by atoms with Crippen LogP contribution in [0.4, 0.5) is 0 Å². The quantitative estimate of drug-likeness (QED) is 0.352. The van der Waals surface area contributed by atoms with Crippen molar-refractivity contribution in [3.63, 3.8) is 0 Å². The zero-order valence-corrected chi connectivity index (χ0v) is 21.7. The molecule has 2 nitrogen and oxygen atoms in total. The van der Waals surface area contributed by atoms with E-state index in [-0.39, 0.29) is 19.6 Å². The molecule has 2 N–H and O–H groups in total. The largest absolute Gasteiger partial charge is 0.358 e. The van der Waals surface area contributed by atoms with E-state index in [1.165, 1.54) is 27.8 Å². The molecule has 0 aromatic heterocycles. The summed E-state index contributed by atoms with van der Waals surface area (Å²) in [6, 6.07) is 16.4. The molecule has 158 valence electrons. The standard InChI is InChI=1S/C14H11.C4H10N.C3H7O.CH3.CH2.2ClH.Zr/c1-10-6-7-14-12(8-10)9-11-4-2-3-5-13(11)14;1-4(2,3)5;1-2-3-4;;;;;/h2-7H,9H2,1H3;5H,1-3H3;4H,1-3H2;1H3;1H2;2*1H;/q4*-1;;;;+2/p-2. The van der Waals surface area contributed by atoms with Gasteiger partial charge in [0.25, 0.3) is 0 Å². The summed E-state index contributed by atoms with van der Waals surface area (Å²) >= 11 is -1.85. The third-order valence-electron chi connectivity index (χ3n) is 3.01. The Hall–Kier alpha value is -0.307. The van der Waals surface area contributed by atoms with Crippen molar-refractivity contribution >= 4 is 21.2 Å². The Morgan fingerprint density at radius 3 is 2.11 bits per heavy atom. The number of nitrogens with one attached hydrogen (secondary N) is 1. The Labute approximate surface area is 187 Å². The van der Waals surface area contributed by atoms with Crippen LogP contribution in [-0.4, -0.2) is 21.5 Å². The molecule has 1 aliphatic carbocycles. The van der Waals surface area contributed by atoms with Crippen LogP contribution in [0.1, 0.15) is 43.9 Å². The third-order valence-corrected chi connectivity index (χ3v) is 3.01. The van der Waals surface area contributed by atoms with Gasteiger partial charge >= 0.3 is 40.1 Å². The minimum atomic E-state index is -1.85. The van der Waals surface area contributed by atoms with Crippen molar-refractivity contribution in [2.75, 3.05) is 6.61 Å². The zero-order chi connectivity index (χ0) is 21.0. The van der Waals surface area contributed by atoms with E-state index < -0.39 is 18.9 Å². The summed E-state index contributed by atoms with van der Waals surface area (Å²) in [5, 5.41) is 7.81. The van der Waals surface area contributed by atoms with Crippen LogP contribution < -0.4 is 0 Å². The van der Waals surface area contributed by atoms with Gasteiger partial charge in [0.05, 0.1) is 0 Å². The molecule has 1 aliphatic rings. The summed E-state index contributed by atoms with van der Waals surface area (Å²) in [6.07, 6.45) is 1.67. The van der Waals surface area contributed by atoms with E-state index in [2.05, 4.69) is 60.5 Å². The first-order valence-electron chi connectivity index (χ1n) is 8.74. The molecule has 2 aromatic carbocycles. The van der Waals surface area contributed by atoms with Gasteiger partial charge in [0.2, 0.25) is 0 Å². The van der Waals surface area contributed by atoms with Gasteiger partial charge in [-0.1, -0.05) is 63.1 Å². The van der Waals surface area contributed by atoms with E-state index in [9.17, 15) is 0 Å². The van der Waals surface area contributed by atoms with E-state index in [1.807, 2.05) is 20.8 Å².